The van der Waals surface area contributed by atoms with E-state index in [-0.39, 0.29) is 0 Å². The molecule has 0 aliphatic heterocycles. The monoisotopic (exact) mass is 242 g/mol. The zero-order chi connectivity index (χ0) is 13.1. The summed E-state index contributed by atoms with van der Waals surface area (Å²) in [6.45, 7) is 4.21. The molecule has 0 aliphatic carbocycles. The van der Waals surface area contributed by atoms with Gasteiger partial charge in [0.1, 0.15) is 11.5 Å². The van der Waals surface area contributed by atoms with Crippen LogP contribution in [0.15, 0.2) is 36.4 Å². The quantitative estimate of drug-likeness (QED) is 0.810. The summed E-state index contributed by atoms with van der Waals surface area (Å²) >= 11 is 0. The molecule has 2 rings (SSSR count). The Morgan fingerprint density at radius 2 is 1.06 bits per heavy atom. The molecule has 0 N–H and O–H groups in total. The van der Waals surface area contributed by atoms with E-state index in [1.807, 2.05) is 18.2 Å². The Balaban J connectivity index is 2.55. The van der Waals surface area contributed by atoms with Crippen LogP contribution in [0.4, 0.5) is 0 Å². The van der Waals surface area contributed by atoms with Gasteiger partial charge in [0.15, 0.2) is 0 Å². The van der Waals surface area contributed by atoms with Crippen molar-refractivity contribution in [1.82, 2.24) is 0 Å². The van der Waals surface area contributed by atoms with Crippen LogP contribution in [0.2, 0.25) is 0 Å². The first-order chi connectivity index (χ1) is 8.62. The van der Waals surface area contributed by atoms with Crippen molar-refractivity contribution in [3.63, 3.8) is 0 Å². The van der Waals surface area contributed by atoms with E-state index in [9.17, 15) is 0 Å². The lowest BCUT2D eigenvalue weighted by molar-refractivity contribution is 0.394. The first-order valence-electron chi connectivity index (χ1n) is 5.94. The molecule has 0 bridgehead atoms. The van der Waals surface area contributed by atoms with Crippen LogP contribution in [-0.4, -0.2) is 14.2 Å². The average molecular weight is 242 g/mol. The summed E-state index contributed by atoms with van der Waals surface area (Å²) in [4.78, 5) is 0. The summed E-state index contributed by atoms with van der Waals surface area (Å²) < 4.78 is 10.6. The van der Waals surface area contributed by atoms with E-state index in [4.69, 9.17) is 9.47 Å². The lowest BCUT2D eigenvalue weighted by Crippen LogP contribution is -1.89. The molecule has 2 heteroatoms. The summed E-state index contributed by atoms with van der Waals surface area (Å²) in [5, 5.41) is 0. The van der Waals surface area contributed by atoms with E-state index >= 15 is 0 Å². The predicted octanol–water partition coefficient (Wildman–Crippen LogP) is 3.99. The van der Waals surface area contributed by atoms with Crippen LogP contribution < -0.4 is 9.47 Å². The maximum Gasteiger partial charge on any atom is 0.123 e. The van der Waals surface area contributed by atoms with Gasteiger partial charge in [-0.2, -0.15) is 0 Å². The summed E-state index contributed by atoms with van der Waals surface area (Å²) in [5.41, 5.74) is 4.81. The van der Waals surface area contributed by atoms with Crippen molar-refractivity contribution >= 4 is 0 Å². The zero-order valence-corrected chi connectivity index (χ0v) is 11.3. The highest BCUT2D eigenvalue weighted by Crippen LogP contribution is 2.30. The normalized spacial score (nSPS) is 10.2. The van der Waals surface area contributed by atoms with E-state index in [1.54, 1.807) is 14.2 Å². The van der Waals surface area contributed by atoms with Gasteiger partial charge in [0.2, 0.25) is 0 Å². The van der Waals surface area contributed by atoms with Crippen molar-refractivity contribution in [2.24, 2.45) is 0 Å². The van der Waals surface area contributed by atoms with E-state index < -0.39 is 0 Å². The van der Waals surface area contributed by atoms with Crippen LogP contribution >= 0.6 is 0 Å². The van der Waals surface area contributed by atoms with Gasteiger partial charge in [0.25, 0.3) is 0 Å². The zero-order valence-electron chi connectivity index (χ0n) is 11.3. The second-order valence-electron chi connectivity index (χ2n) is 4.48. The lowest BCUT2D eigenvalue weighted by atomic mass is 10.0. The third kappa shape index (κ3) is 2.65. The maximum atomic E-state index is 5.30. The Hall–Kier alpha value is -1.96. The molecule has 0 atom stereocenters. The van der Waals surface area contributed by atoms with Gasteiger partial charge < -0.3 is 9.47 Å². The van der Waals surface area contributed by atoms with Gasteiger partial charge in [-0.05, 0) is 37.1 Å². The van der Waals surface area contributed by atoms with Crippen LogP contribution in [0, 0.1) is 13.8 Å². The number of benzene rings is 2. The van der Waals surface area contributed by atoms with Crippen LogP contribution in [0.25, 0.3) is 11.1 Å². The molecule has 0 spiro atoms. The maximum absolute atomic E-state index is 5.30. The van der Waals surface area contributed by atoms with Crippen LogP contribution in [0.5, 0.6) is 11.5 Å². The molecule has 0 heterocycles. The van der Waals surface area contributed by atoms with Gasteiger partial charge in [-0.25, -0.2) is 0 Å². The fraction of sp³-hybridized carbons (Fsp3) is 0.250. The van der Waals surface area contributed by atoms with Crippen molar-refractivity contribution < 1.29 is 9.47 Å². The smallest absolute Gasteiger partial charge is 0.123 e. The summed E-state index contributed by atoms with van der Waals surface area (Å²) in [6, 6.07) is 12.4. The summed E-state index contributed by atoms with van der Waals surface area (Å²) in [7, 11) is 3.33. The fourth-order valence-corrected chi connectivity index (χ4v) is 2.12. The highest BCUT2D eigenvalue weighted by Gasteiger charge is 2.05. The topological polar surface area (TPSA) is 18.5 Å². The van der Waals surface area contributed by atoms with Gasteiger partial charge in [-0.15, -0.1) is 0 Å². The molecule has 2 aromatic rings. The number of hydrogen-bond donors (Lipinski definition) is 0. The Bertz CT molecular complexity index is 517. The number of rotatable bonds is 3. The Labute approximate surface area is 108 Å². The minimum Gasteiger partial charge on any atom is -0.497 e. The second kappa shape index (κ2) is 5.13. The van der Waals surface area contributed by atoms with E-state index in [0.29, 0.717) is 0 Å². The second-order valence-corrected chi connectivity index (χ2v) is 4.48. The standard InChI is InChI=1S/C16H18O2/c1-11-5-12(2)7-13(6-11)14-8-15(17-3)10-16(9-14)18-4/h5-10H,1-4H3. The van der Waals surface area contributed by atoms with Crippen molar-refractivity contribution in [2.45, 2.75) is 13.8 Å². The SMILES string of the molecule is COc1cc(OC)cc(-c2cc(C)cc(C)c2)c1. The van der Waals surface area contributed by atoms with Crippen LogP contribution in [0.1, 0.15) is 11.1 Å². The Morgan fingerprint density at radius 3 is 1.50 bits per heavy atom. The minimum absolute atomic E-state index is 0.809. The number of ether oxygens (including phenoxy) is 2. The molecule has 0 aliphatic rings. The van der Waals surface area contributed by atoms with Crippen molar-refractivity contribution in [2.75, 3.05) is 14.2 Å². The molecule has 0 saturated heterocycles. The molecular weight excluding hydrogens is 224 g/mol. The minimum atomic E-state index is 0.809. The van der Waals surface area contributed by atoms with E-state index in [1.165, 1.54) is 16.7 Å². The van der Waals surface area contributed by atoms with Crippen LogP contribution in [0.3, 0.4) is 0 Å². The summed E-state index contributed by atoms with van der Waals surface area (Å²) in [6.07, 6.45) is 0. The molecule has 2 aromatic carbocycles. The molecule has 2 nitrogen and oxygen atoms in total. The first kappa shape index (κ1) is 12.5. The molecule has 0 amide bonds. The summed E-state index contributed by atoms with van der Waals surface area (Å²) in [5.74, 6) is 1.62. The Morgan fingerprint density at radius 1 is 0.611 bits per heavy atom. The van der Waals surface area contributed by atoms with Gasteiger partial charge in [0.05, 0.1) is 14.2 Å². The predicted molar refractivity (Wildman–Crippen MR) is 74.5 cm³/mol. The highest BCUT2D eigenvalue weighted by atomic mass is 16.5. The molecule has 0 fully saturated rings. The highest BCUT2D eigenvalue weighted by molar-refractivity contribution is 5.68. The van der Waals surface area contributed by atoms with Crippen molar-refractivity contribution in [1.29, 1.82) is 0 Å². The molecule has 0 unspecified atom stereocenters. The molecular formula is C16H18O2. The van der Waals surface area contributed by atoms with E-state index in [2.05, 4.69) is 32.0 Å². The van der Waals surface area contributed by atoms with Gasteiger partial charge in [-0.1, -0.05) is 29.3 Å². The molecule has 0 saturated carbocycles. The molecule has 18 heavy (non-hydrogen) atoms. The lowest BCUT2D eigenvalue weighted by Gasteiger charge is -2.10. The van der Waals surface area contributed by atoms with Crippen molar-refractivity contribution in [3.8, 4) is 22.6 Å². The Kier molecular flexibility index (Phi) is 3.56. The van der Waals surface area contributed by atoms with Gasteiger partial charge in [-0.3, -0.25) is 0 Å². The number of aryl methyl sites for hydroxylation is 2. The van der Waals surface area contributed by atoms with Crippen molar-refractivity contribution in [3.05, 3.63) is 47.5 Å². The molecule has 0 radical (unpaired) electrons. The average Bonchev–Trinajstić information content (AvgIpc) is 2.37. The van der Waals surface area contributed by atoms with Gasteiger partial charge >= 0.3 is 0 Å². The largest absolute Gasteiger partial charge is 0.497 e. The number of hydrogen-bond acceptors (Lipinski definition) is 2. The van der Waals surface area contributed by atoms with Crippen LogP contribution in [-0.2, 0) is 0 Å². The fourth-order valence-electron chi connectivity index (χ4n) is 2.12. The third-order valence-corrected chi connectivity index (χ3v) is 2.91. The molecule has 94 valence electrons. The van der Waals surface area contributed by atoms with Gasteiger partial charge in [0, 0.05) is 6.07 Å². The number of methoxy groups -OCH3 is 2. The first-order valence-corrected chi connectivity index (χ1v) is 5.94. The van der Waals surface area contributed by atoms with E-state index in [0.717, 1.165) is 17.1 Å². The third-order valence-electron chi connectivity index (χ3n) is 2.91. The molecule has 0 aromatic heterocycles.